The molecular weight excluding hydrogens is 274 g/mol. The average molecular weight is 297 g/mol. The van der Waals surface area contributed by atoms with E-state index in [0.29, 0.717) is 19.4 Å². The fourth-order valence-electron chi connectivity index (χ4n) is 2.12. The Morgan fingerprint density at radius 1 is 1.52 bits per heavy atom. The van der Waals surface area contributed by atoms with Crippen LogP contribution in [0.5, 0.6) is 0 Å². The van der Waals surface area contributed by atoms with Crippen molar-refractivity contribution in [2.45, 2.75) is 52.1 Å². The van der Waals surface area contributed by atoms with Gasteiger partial charge in [-0.3, -0.25) is 14.9 Å². The number of aromatic nitrogens is 1. The minimum Gasteiger partial charge on any atom is -0.396 e. The summed E-state index contributed by atoms with van der Waals surface area (Å²) in [7, 11) is 0. The first kappa shape index (κ1) is 17.2. The first-order valence-corrected chi connectivity index (χ1v) is 7.14. The van der Waals surface area contributed by atoms with Gasteiger partial charge in [0.2, 0.25) is 0 Å². The van der Waals surface area contributed by atoms with Crippen molar-refractivity contribution in [3.8, 4) is 0 Å². The molecular formula is C14H23N3O4. The molecule has 0 bridgehead atoms. The molecule has 1 unspecified atom stereocenters. The first-order chi connectivity index (χ1) is 9.86. The van der Waals surface area contributed by atoms with E-state index in [1.165, 1.54) is 12.3 Å². The maximum absolute atomic E-state index is 12.4. The second kappa shape index (κ2) is 7.21. The third-order valence-corrected chi connectivity index (χ3v) is 3.65. The van der Waals surface area contributed by atoms with E-state index >= 15 is 0 Å². The summed E-state index contributed by atoms with van der Waals surface area (Å²) in [6.07, 6.45) is 3.25. The number of rotatable bonds is 8. The Kier molecular flexibility index (Phi) is 5.90. The zero-order valence-corrected chi connectivity index (χ0v) is 12.8. The summed E-state index contributed by atoms with van der Waals surface area (Å²) in [5.41, 5.74) is -0.336. The number of aliphatic hydroxyl groups is 1. The first-order valence-electron chi connectivity index (χ1n) is 7.14. The van der Waals surface area contributed by atoms with Crippen molar-refractivity contribution in [1.82, 2.24) is 9.88 Å². The van der Waals surface area contributed by atoms with Gasteiger partial charge in [0.05, 0.1) is 11.1 Å². The number of nitrogens with one attached hydrogen (secondary N) is 1. The Hall–Kier alpha value is -1.89. The maximum Gasteiger partial charge on any atom is 0.287 e. The monoisotopic (exact) mass is 297 g/mol. The summed E-state index contributed by atoms with van der Waals surface area (Å²) in [6.45, 7) is 6.22. The lowest BCUT2D eigenvalue weighted by Gasteiger charge is -2.29. The fourth-order valence-corrected chi connectivity index (χ4v) is 2.12. The van der Waals surface area contributed by atoms with E-state index in [4.69, 9.17) is 5.11 Å². The fraction of sp³-hybridized carbons (Fsp3) is 0.643. The number of carbonyl (C=O) groups excluding carboxylic acids is 1. The largest absolute Gasteiger partial charge is 0.396 e. The van der Waals surface area contributed by atoms with Gasteiger partial charge < -0.3 is 15.0 Å². The van der Waals surface area contributed by atoms with Gasteiger partial charge in [-0.15, -0.1) is 0 Å². The number of nitrogens with zero attached hydrogens (tertiary/aromatic N) is 2. The summed E-state index contributed by atoms with van der Waals surface area (Å²) in [5.74, 6) is -0.352. The predicted molar refractivity (Wildman–Crippen MR) is 79.2 cm³/mol. The molecule has 0 spiro atoms. The van der Waals surface area contributed by atoms with E-state index in [1.54, 1.807) is 4.57 Å². The molecule has 1 rings (SSSR count). The lowest BCUT2D eigenvalue weighted by molar-refractivity contribution is -0.384. The van der Waals surface area contributed by atoms with Crippen LogP contribution in [0.4, 0.5) is 5.69 Å². The number of nitro groups is 1. The second-order valence-corrected chi connectivity index (χ2v) is 5.38. The van der Waals surface area contributed by atoms with E-state index in [2.05, 4.69) is 5.32 Å². The average Bonchev–Trinajstić information content (AvgIpc) is 2.84. The van der Waals surface area contributed by atoms with Crippen molar-refractivity contribution in [3.05, 3.63) is 28.1 Å². The van der Waals surface area contributed by atoms with Crippen LogP contribution in [0.1, 0.15) is 50.5 Å². The molecule has 1 aromatic heterocycles. The van der Waals surface area contributed by atoms with E-state index < -0.39 is 10.5 Å². The van der Waals surface area contributed by atoms with Gasteiger partial charge in [-0.05, 0) is 26.2 Å². The third kappa shape index (κ3) is 4.29. The summed E-state index contributed by atoms with van der Waals surface area (Å²) in [6, 6.07) is 1.29. The summed E-state index contributed by atoms with van der Waals surface area (Å²) in [4.78, 5) is 22.7. The van der Waals surface area contributed by atoms with Crippen LogP contribution < -0.4 is 5.32 Å². The van der Waals surface area contributed by atoms with Gasteiger partial charge in [0.15, 0.2) is 0 Å². The molecule has 1 atom stereocenters. The van der Waals surface area contributed by atoms with Gasteiger partial charge in [0, 0.05) is 24.8 Å². The van der Waals surface area contributed by atoms with Gasteiger partial charge >= 0.3 is 0 Å². The quantitative estimate of drug-likeness (QED) is 0.567. The van der Waals surface area contributed by atoms with Gasteiger partial charge in [0.25, 0.3) is 11.6 Å². The molecule has 7 heteroatoms. The molecule has 0 aliphatic rings. The maximum atomic E-state index is 12.4. The van der Waals surface area contributed by atoms with Gasteiger partial charge in [0.1, 0.15) is 5.69 Å². The molecule has 118 valence electrons. The molecule has 2 N–H and O–H groups in total. The molecule has 0 aromatic carbocycles. The second-order valence-electron chi connectivity index (χ2n) is 5.38. The van der Waals surface area contributed by atoms with Crippen LogP contribution in [0.15, 0.2) is 12.3 Å². The highest BCUT2D eigenvalue weighted by atomic mass is 16.6. The van der Waals surface area contributed by atoms with E-state index in [0.717, 1.165) is 6.42 Å². The van der Waals surface area contributed by atoms with Crippen LogP contribution >= 0.6 is 0 Å². The number of aliphatic hydroxyl groups excluding tert-OH is 1. The zero-order valence-electron chi connectivity index (χ0n) is 12.8. The number of hydrogen-bond donors (Lipinski definition) is 2. The van der Waals surface area contributed by atoms with Crippen molar-refractivity contribution in [2.75, 3.05) is 6.61 Å². The van der Waals surface area contributed by atoms with Crippen LogP contribution in [0.3, 0.4) is 0 Å². The molecule has 1 heterocycles. The predicted octanol–water partition coefficient (Wildman–Crippen LogP) is 2.09. The molecule has 1 aromatic rings. The lowest BCUT2D eigenvalue weighted by Crippen LogP contribution is -2.46. The molecule has 21 heavy (non-hydrogen) atoms. The highest BCUT2D eigenvalue weighted by molar-refractivity contribution is 5.94. The normalized spacial score (nSPS) is 13.7. The standard InChI is InChI=1S/C14H23N3O4/c1-4-7-16-10-11(17(20)21)9-12(16)13(19)15-14(3,5-2)6-8-18/h9-10,18H,4-8H2,1-3H3,(H,15,19). The number of carbonyl (C=O) groups is 1. The van der Waals surface area contributed by atoms with Crippen LogP contribution in [0, 0.1) is 10.1 Å². The molecule has 0 saturated carbocycles. The Balaban J connectivity index is 3.02. The van der Waals surface area contributed by atoms with Gasteiger partial charge in [-0.25, -0.2) is 0 Å². The van der Waals surface area contributed by atoms with Crippen molar-refractivity contribution in [1.29, 1.82) is 0 Å². The summed E-state index contributed by atoms with van der Waals surface area (Å²) in [5, 5.41) is 22.8. The molecule has 0 saturated heterocycles. The smallest absolute Gasteiger partial charge is 0.287 e. The topological polar surface area (TPSA) is 97.4 Å². The Morgan fingerprint density at radius 2 is 2.19 bits per heavy atom. The SMILES string of the molecule is CCCn1cc([N+](=O)[O-])cc1C(=O)NC(C)(CC)CCO. The van der Waals surface area contributed by atoms with Crippen LogP contribution in [0.2, 0.25) is 0 Å². The van der Waals surface area contributed by atoms with Crippen molar-refractivity contribution in [3.63, 3.8) is 0 Å². The molecule has 1 amide bonds. The molecule has 0 fully saturated rings. The van der Waals surface area contributed by atoms with Crippen LogP contribution in [-0.4, -0.2) is 32.6 Å². The number of amides is 1. The van der Waals surface area contributed by atoms with Crippen molar-refractivity contribution >= 4 is 11.6 Å². The molecule has 0 radical (unpaired) electrons. The Morgan fingerprint density at radius 3 is 2.67 bits per heavy atom. The summed E-state index contributed by atoms with van der Waals surface area (Å²) >= 11 is 0. The highest BCUT2D eigenvalue weighted by Gasteiger charge is 2.27. The summed E-state index contributed by atoms with van der Waals surface area (Å²) < 4.78 is 1.60. The van der Waals surface area contributed by atoms with Crippen LogP contribution in [0.25, 0.3) is 0 Å². The van der Waals surface area contributed by atoms with Gasteiger partial charge in [-0.1, -0.05) is 13.8 Å². The highest BCUT2D eigenvalue weighted by Crippen LogP contribution is 2.20. The number of hydrogen-bond acceptors (Lipinski definition) is 4. The van der Waals surface area contributed by atoms with Crippen molar-refractivity contribution < 1.29 is 14.8 Å². The van der Waals surface area contributed by atoms with Gasteiger partial charge in [-0.2, -0.15) is 0 Å². The molecule has 7 nitrogen and oxygen atoms in total. The lowest BCUT2D eigenvalue weighted by atomic mass is 9.95. The number of aryl methyl sites for hydroxylation is 1. The Labute approximate surface area is 124 Å². The Bertz CT molecular complexity index is 512. The minimum atomic E-state index is -0.526. The van der Waals surface area contributed by atoms with E-state index in [1.807, 2.05) is 20.8 Å². The van der Waals surface area contributed by atoms with E-state index in [9.17, 15) is 14.9 Å². The van der Waals surface area contributed by atoms with E-state index in [-0.39, 0.29) is 23.9 Å². The van der Waals surface area contributed by atoms with Crippen LogP contribution in [-0.2, 0) is 6.54 Å². The zero-order chi connectivity index (χ0) is 16.0. The third-order valence-electron chi connectivity index (χ3n) is 3.65. The minimum absolute atomic E-state index is 0.0270. The van der Waals surface area contributed by atoms with Crippen molar-refractivity contribution in [2.24, 2.45) is 0 Å². The molecule has 0 aliphatic carbocycles. The molecule has 0 aliphatic heterocycles.